The number of hydrogen-bond acceptors (Lipinski definition) is 5. The standard InChI is InChI=1S/C17H17N3O5S/c18-26(23,24)13-5-3-4-12(10-13)19-16(21)8-9-20-14-6-1-2-7-15(14)25-11-17(20)22/h1-7,10H,8-9,11H2,(H,19,21)(H2,18,23,24). The number of hydrogen-bond donors (Lipinski definition) is 2. The highest BCUT2D eigenvalue weighted by Crippen LogP contribution is 2.31. The second kappa shape index (κ2) is 7.14. The van der Waals surface area contributed by atoms with Crippen LogP contribution in [-0.2, 0) is 19.6 Å². The van der Waals surface area contributed by atoms with E-state index in [1.54, 1.807) is 30.3 Å². The molecular formula is C17H17N3O5S. The molecule has 26 heavy (non-hydrogen) atoms. The summed E-state index contributed by atoms with van der Waals surface area (Å²) < 4.78 is 28.1. The lowest BCUT2D eigenvalue weighted by molar-refractivity contribution is -0.121. The Balaban J connectivity index is 1.66. The smallest absolute Gasteiger partial charge is 0.265 e. The Morgan fingerprint density at radius 1 is 1.19 bits per heavy atom. The summed E-state index contributed by atoms with van der Waals surface area (Å²) in [6, 6.07) is 12.8. The van der Waals surface area contributed by atoms with Crippen LogP contribution in [0.3, 0.4) is 0 Å². The molecule has 0 aliphatic carbocycles. The molecule has 0 radical (unpaired) electrons. The number of carbonyl (C=O) groups excluding carboxylic acids is 2. The van der Waals surface area contributed by atoms with Crippen LogP contribution in [0.25, 0.3) is 0 Å². The van der Waals surface area contributed by atoms with Crippen molar-refractivity contribution in [2.45, 2.75) is 11.3 Å². The Morgan fingerprint density at radius 3 is 2.73 bits per heavy atom. The van der Waals surface area contributed by atoms with Crippen LogP contribution in [0.15, 0.2) is 53.4 Å². The van der Waals surface area contributed by atoms with Gasteiger partial charge in [-0.15, -0.1) is 0 Å². The van der Waals surface area contributed by atoms with E-state index in [0.29, 0.717) is 17.1 Å². The number of amides is 2. The Hall–Kier alpha value is -2.91. The number of anilines is 2. The van der Waals surface area contributed by atoms with Crippen LogP contribution in [0.4, 0.5) is 11.4 Å². The summed E-state index contributed by atoms with van der Waals surface area (Å²) in [7, 11) is -3.85. The molecule has 1 aliphatic rings. The van der Waals surface area contributed by atoms with Crippen molar-refractivity contribution in [3.05, 3.63) is 48.5 Å². The molecule has 0 atom stereocenters. The van der Waals surface area contributed by atoms with Crippen molar-refractivity contribution in [3.8, 4) is 5.75 Å². The van der Waals surface area contributed by atoms with E-state index < -0.39 is 10.0 Å². The van der Waals surface area contributed by atoms with Crippen LogP contribution in [0, 0.1) is 0 Å². The highest BCUT2D eigenvalue weighted by Gasteiger charge is 2.25. The third-order valence-electron chi connectivity index (χ3n) is 3.82. The number of primary sulfonamides is 1. The van der Waals surface area contributed by atoms with Crippen LogP contribution in [-0.4, -0.2) is 33.4 Å². The van der Waals surface area contributed by atoms with Crippen LogP contribution >= 0.6 is 0 Å². The SMILES string of the molecule is NS(=O)(=O)c1cccc(NC(=O)CCN2C(=O)COc3ccccc32)c1. The number of rotatable bonds is 5. The van der Waals surface area contributed by atoms with E-state index in [1.807, 2.05) is 0 Å². The highest BCUT2D eigenvalue weighted by atomic mass is 32.2. The van der Waals surface area contributed by atoms with Gasteiger partial charge in [0, 0.05) is 18.7 Å². The number of nitrogens with two attached hydrogens (primary N) is 1. The first-order chi connectivity index (χ1) is 12.3. The largest absolute Gasteiger partial charge is 0.482 e. The molecular weight excluding hydrogens is 358 g/mol. The molecule has 0 unspecified atom stereocenters. The molecule has 0 spiro atoms. The van der Waals surface area contributed by atoms with Crippen LogP contribution in [0.5, 0.6) is 5.75 Å². The quantitative estimate of drug-likeness (QED) is 0.811. The minimum atomic E-state index is -3.85. The second-order valence-corrected chi connectivity index (χ2v) is 7.23. The lowest BCUT2D eigenvalue weighted by atomic mass is 10.2. The average molecular weight is 375 g/mol. The molecule has 0 fully saturated rings. The van der Waals surface area contributed by atoms with Crippen molar-refractivity contribution in [1.29, 1.82) is 0 Å². The molecule has 1 aliphatic heterocycles. The summed E-state index contributed by atoms with van der Waals surface area (Å²) in [6.45, 7) is 0.106. The fourth-order valence-electron chi connectivity index (χ4n) is 2.59. The molecule has 3 N–H and O–H groups in total. The van der Waals surface area contributed by atoms with Crippen molar-refractivity contribution >= 4 is 33.2 Å². The fourth-order valence-corrected chi connectivity index (χ4v) is 3.15. The lowest BCUT2D eigenvalue weighted by Crippen LogP contribution is -2.40. The molecule has 3 rings (SSSR count). The van der Waals surface area contributed by atoms with Crippen LogP contribution < -0.4 is 20.1 Å². The van der Waals surface area contributed by atoms with Gasteiger partial charge in [0.25, 0.3) is 5.91 Å². The monoisotopic (exact) mass is 375 g/mol. The Bertz CT molecular complexity index is 958. The van der Waals surface area contributed by atoms with Gasteiger partial charge in [0.1, 0.15) is 5.75 Å². The molecule has 9 heteroatoms. The maximum atomic E-state index is 12.2. The van der Waals surface area contributed by atoms with Crippen molar-refractivity contribution in [1.82, 2.24) is 0 Å². The maximum absolute atomic E-state index is 12.2. The summed E-state index contributed by atoms with van der Waals surface area (Å²) in [6.07, 6.45) is 0.0413. The van der Waals surface area contributed by atoms with E-state index >= 15 is 0 Å². The van der Waals surface area contributed by atoms with E-state index in [2.05, 4.69) is 5.32 Å². The van der Waals surface area contributed by atoms with E-state index in [1.165, 1.54) is 23.1 Å². The van der Waals surface area contributed by atoms with Gasteiger partial charge in [0.2, 0.25) is 15.9 Å². The van der Waals surface area contributed by atoms with Gasteiger partial charge in [-0.2, -0.15) is 0 Å². The first kappa shape index (κ1) is 17.9. The first-order valence-electron chi connectivity index (χ1n) is 7.79. The molecule has 136 valence electrons. The van der Waals surface area contributed by atoms with E-state index in [0.717, 1.165) is 0 Å². The third kappa shape index (κ3) is 4.01. The zero-order valence-electron chi connectivity index (χ0n) is 13.7. The van der Waals surface area contributed by atoms with Gasteiger partial charge in [0.15, 0.2) is 6.61 Å². The summed E-state index contributed by atoms with van der Waals surface area (Å²) in [4.78, 5) is 25.7. The van der Waals surface area contributed by atoms with Crippen LogP contribution in [0.1, 0.15) is 6.42 Å². The van der Waals surface area contributed by atoms with Gasteiger partial charge >= 0.3 is 0 Å². The van der Waals surface area contributed by atoms with E-state index in [-0.39, 0.29) is 36.3 Å². The van der Waals surface area contributed by atoms with E-state index in [4.69, 9.17) is 9.88 Å². The number of nitrogens with one attached hydrogen (secondary N) is 1. The number of carbonyl (C=O) groups is 2. The molecule has 1 heterocycles. The fraction of sp³-hybridized carbons (Fsp3) is 0.176. The predicted octanol–water partition coefficient (Wildman–Crippen LogP) is 1.09. The molecule has 0 bridgehead atoms. The lowest BCUT2D eigenvalue weighted by Gasteiger charge is -2.29. The average Bonchev–Trinajstić information content (AvgIpc) is 2.60. The Labute approximate surface area is 150 Å². The van der Waals surface area contributed by atoms with Crippen molar-refractivity contribution in [2.24, 2.45) is 5.14 Å². The minimum absolute atomic E-state index is 0.0413. The van der Waals surface area contributed by atoms with Gasteiger partial charge in [-0.05, 0) is 30.3 Å². The third-order valence-corrected chi connectivity index (χ3v) is 4.73. The number of para-hydroxylation sites is 2. The summed E-state index contributed by atoms with van der Waals surface area (Å²) >= 11 is 0. The van der Waals surface area contributed by atoms with Gasteiger partial charge in [-0.25, -0.2) is 13.6 Å². The molecule has 8 nitrogen and oxygen atoms in total. The zero-order chi connectivity index (χ0) is 18.7. The summed E-state index contributed by atoms with van der Waals surface area (Å²) in [5, 5.41) is 7.68. The zero-order valence-corrected chi connectivity index (χ0v) is 14.5. The Kier molecular flexibility index (Phi) is 4.92. The number of sulfonamides is 1. The number of benzene rings is 2. The summed E-state index contributed by atoms with van der Waals surface area (Å²) in [5.41, 5.74) is 0.933. The molecule has 0 aromatic heterocycles. The normalized spacial score (nSPS) is 13.7. The van der Waals surface area contributed by atoms with Crippen molar-refractivity contribution in [3.63, 3.8) is 0 Å². The number of ether oxygens (including phenoxy) is 1. The van der Waals surface area contributed by atoms with Gasteiger partial charge in [0.05, 0.1) is 10.6 Å². The van der Waals surface area contributed by atoms with E-state index in [9.17, 15) is 18.0 Å². The molecule has 2 aromatic rings. The topological polar surface area (TPSA) is 119 Å². The Morgan fingerprint density at radius 2 is 1.96 bits per heavy atom. The number of fused-ring (bicyclic) bond motifs is 1. The van der Waals surface area contributed by atoms with Crippen molar-refractivity contribution < 1.29 is 22.7 Å². The van der Waals surface area contributed by atoms with Crippen molar-refractivity contribution in [2.75, 3.05) is 23.4 Å². The molecule has 0 saturated heterocycles. The molecule has 0 saturated carbocycles. The van der Waals surface area contributed by atoms with Crippen LogP contribution in [0.2, 0.25) is 0 Å². The highest BCUT2D eigenvalue weighted by molar-refractivity contribution is 7.89. The minimum Gasteiger partial charge on any atom is -0.482 e. The second-order valence-electron chi connectivity index (χ2n) is 5.67. The van der Waals surface area contributed by atoms with Gasteiger partial charge in [-0.1, -0.05) is 18.2 Å². The maximum Gasteiger partial charge on any atom is 0.265 e. The van der Waals surface area contributed by atoms with Gasteiger partial charge in [-0.3, -0.25) is 9.59 Å². The molecule has 2 aromatic carbocycles. The predicted molar refractivity (Wildman–Crippen MR) is 95.4 cm³/mol. The molecule has 2 amide bonds. The first-order valence-corrected chi connectivity index (χ1v) is 9.34. The number of nitrogens with zero attached hydrogens (tertiary/aromatic N) is 1. The summed E-state index contributed by atoms with van der Waals surface area (Å²) in [5.74, 6) is 0.00873. The van der Waals surface area contributed by atoms with Gasteiger partial charge < -0.3 is 15.0 Å².